The maximum Gasteiger partial charge on any atom is 0.416 e. The van der Waals surface area contributed by atoms with Crippen LogP contribution in [0.3, 0.4) is 0 Å². The second-order valence-electron chi connectivity index (χ2n) is 5.76. The van der Waals surface area contributed by atoms with Crippen LogP contribution in [0.5, 0.6) is 0 Å². The number of carbonyl (C=O) groups is 2. The van der Waals surface area contributed by atoms with Gasteiger partial charge in [-0.3, -0.25) is 14.6 Å². The van der Waals surface area contributed by atoms with E-state index in [0.29, 0.717) is 22.3 Å². The van der Waals surface area contributed by atoms with Crippen LogP contribution in [-0.2, 0) is 22.2 Å². The molecule has 3 rings (SSSR count). The molecule has 2 amide bonds. The molecule has 0 aliphatic carbocycles. The molecule has 0 fully saturated rings. The molecule has 0 saturated carbocycles. The minimum Gasteiger partial charge on any atom is -0.358 e. The van der Waals surface area contributed by atoms with E-state index in [-0.39, 0.29) is 13.0 Å². The quantitative estimate of drug-likeness (QED) is 0.612. The summed E-state index contributed by atoms with van der Waals surface area (Å²) in [5.41, 5.74) is 1.24. The van der Waals surface area contributed by atoms with Crippen molar-refractivity contribution >= 4 is 28.5 Å². The fourth-order valence-electron chi connectivity index (χ4n) is 2.53. The molecule has 2 heterocycles. The zero-order chi connectivity index (χ0) is 19.4. The predicted octanol–water partition coefficient (Wildman–Crippen LogP) is 2.88. The number of H-pyrrole nitrogens is 1. The number of aromatic nitrogens is 2. The number of anilines is 1. The van der Waals surface area contributed by atoms with E-state index < -0.39 is 23.6 Å². The van der Waals surface area contributed by atoms with Gasteiger partial charge in [0.25, 0.3) is 0 Å². The second-order valence-corrected chi connectivity index (χ2v) is 5.76. The van der Waals surface area contributed by atoms with Gasteiger partial charge in [0.1, 0.15) is 5.52 Å². The van der Waals surface area contributed by atoms with Gasteiger partial charge in [0.15, 0.2) is 0 Å². The molecule has 0 atom stereocenters. The molecule has 27 heavy (non-hydrogen) atoms. The van der Waals surface area contributed by atoms with Gasteiger partial charge >= 0.3 is 18.0 Å². The van der Waals surface area contributed by atoms with Crippen molar-refractivity contribution in [1.82, 2.24) is 15.3 Å². The first-order valence-electron chi connectivity index (χ1n) is 8.02. The number of hydrogen-bond donors (Lipinski definition) is 3. The van der Waals surface area contributed by atoms with Gasteiger partial charge in [0.2, 0.25) is 0 Å². The first-order valence-corrected chi connectivity index (χ1v) is 8.02. The maximum absolute atomic E-state index is 12.7. The second kappa shape index (κ2) is 7.48. The lowest BCUT2D eigenvalue weighted by Gasteiger charge is -2.09. The van der Waals surface area contributed by atoms with Crippen LogP contribution in [0.15, 0.2) is 48.8 Å². The van der Waals surface area contributed by atoms with Crippen molar-refractivity contribution in [2.45, 2.75) is 12.6 Å². The molecule has 0 bridgehead atoms. The Kier molecular flexibility index (Phi) is 5.11. The number of carbonyl (C=O) groups excluding carboxylic acids is 2. The van der Waals surface area contributed by atoms with Crippen molar-refractivity contribution in [3.05, 3.63) is 59.9 Å². The molecular weight excluding hydrogens is 361 g/mol. The van der Waals surface area contributed by atoms with Crippen LogP contribution in [0.25, 0.3) is 11.0 Å². The first kappa shape index (κ1) is 18.4. The van der Waals surface area contributed by atoms with Crippen molar-refractivity contribution in [3.63, 3.8) is 0 Å². The van der Waals surface area contributed by atoms with Gasteiger partial charge in [0, 0.05) is 18.9 Å². The van der Waals surface area contributed by atoms with E-state index in [1.807, 2.05) is 0 Å². The Morgan fingerprint density at radius 2 is 1.93 bits per heavy atom. The number of pyridine rings is 1. The van der Waals surface area contributed by atoms with E-state index in [1.165, 1.54) is 18.3 Å². The van der Waals surface area contributed by atoms with Crippen LogP contribution in [0, 0.1) is 0 Å². The fourth-order valence-corrected chi connectivity index (χ4v) is 2.53. The van der Waals surface area contributed by atoms with Crippen LogP contribution in [0.4, 0.5) is 18.9 Å². The van der Waals surface area contributed by atoms with Gasteiger partial charge in [-0.25, -0.2) is 0 Å². The fraction of sp³-hybridized carbons (Fsp3) is 0.167. The van der Waals surface area contributed by atoms with Crippen molar-refractivity contribution in [1.29, 1.82) is 0 Å². The summed E-state index contributed by atoms with van der Waals surface area (Å²) in [5, 5.41) is 4.84. The van der Waals surface area contributed by atoms with Crippen molar-refractivity contribution in [2.24, 2.45) is 0 Å². The van der Waals surface area contributed by atoms with Crippen LogP contribution in [0.2, 0.25) is 0 Å². The van der Waals surface area contributed by atoms with E-state index in [2.05, 4.69) is 20.6 Å². The zero-order valence-corrected chi connectivity index (χ0v) is 13.9. The van der Waals surface area contributed by atoms with E-state index in [0.717, 1.165) is 12.1 Å². The Hall–Kier alpha value is -3.36. The lowest BCUT2D eigenvalue weighted by atomic mass is 10.1. The maximum atomic E-state index is 12.7. The number of halogens is 3. The average molecular weight is 376 g/mol. The molecule has 6 nitrogen and oxygen atoms in total. The Labute approximate surface area is 151 Å². The van der Waals surface area contributed by atoms with Crippen molar-refractivity contribution in [3.8, 4) is 0 Å². The van der Waals surface area contributed by atoms with Gasteiger partial charge in [0.05, 0.1) is 16.8 Å². The van der Waals surface area contributed by atoms with Crippen molar-refractivity contribution < 1.29 is 22.8 Å². The molecular formula is C18H15F3N4O2. The topological polar surface area (TPSA) is 86.9 Å². The average Bonchev–Trinajstić information content (AvgIpc) is 3.04. The number of aromatic amines is 1. The summed E-state index contributed by atoms with van der Waals surface area (Å²) in [6.07, 6.45) is -1.18. The minimum absolute atomic E-state index is 0.0275. The highest BCUT2D eigenvalue weighted by molar-refractivity contribution is 6.40. The summed E-state index contributed by atoms with van der Waals surface area (Å²) in [6.45, 7) is 0.0275. The van der Waals surface area contributed by atoms with Crippen molar-refractivity contribution in [2.75, 3.05) is 11.9 Å². The van der Waals surface area contributed by atoms with Gasteiger partial charge in [-0.2, -0.15) is 13.2 Å². The molecule has 0 unspecified atom stereocenters. The molecule has 0 saturated heterocycles. The number of alkyl halides is 3. The van der Waals surface area contributed by atoms with Crippen LogP contribution in [-0.4, -0.2) is 28.3 Å². The molecule has 3 aromatic rings. The highest BCUT2D eigenvalue weighted by Gasteiger charge is 2.30. The molecule has 3 N–H and O–H groups in total. The molecule has 2 aromatic heterocycles. The number of nitrogens with zero attached hydrogens (tertiary/aromatic N) is 1. The molecule has 140 valence electrons. The van der Waals surface area contributed by atoms with Gasteiger partial charge < -0.3 is 15.6 Å². The Morgan fingerprint density at radius 3 is 2.70 bits per heavy atom. The summed E-state index contributed by atoms with van der Waals surface area (Å²) < 4.78 is 38.1. The van der Waals surface area contributed by atoms with Gasteiger partial charge in [-0.1, -0.05) is 18.2 Å². The number of hydrogen-bond acceptors (Lipinski definition) is 3. The first-order chi connectivity index (χ1) is 12.8. The SMILES string of the molecule is O=C(NCCc1cccc(C(F)(F)F)c1)C(=O)Nc1c[nH]c2cccnc12. The Morgan fingerprint density at radius 1 is 1.11 bits per heavy atom. The largest absolute Gasteiger partial charge is 0.416 e. The molecule has 9 heteroatoms. The number of amides is 2. The van der Waals surface area contributed by atoms with E-state index in [1.54, 1.807) is 18.3 Å². The minimum atomic E-state index is -4.42. The standard InChI is InChI=1S/C18H15F3N4O2/c19-18(20,21)12-4-1-3-11(9-12)6-8-23-16(26)17(27)25-14-10-24-13-5-2-7-22-15(13)14/h1-5,7,9-10,24H,6,8H2,(H,23,26)(H,25,27). The van der Waals surface area contributed by atoms with Gasteiger partial charge in [-0.05, 0) is 30.2 Å². The Bertz CT molecular complexity index is 982. The summed E-state index contributed by atoms with van der Waals surface area (Å²) in [5.74, 6) is -1.77. The summed E-state index contributed by atoms with van der Waals surface area (Å²) in [4.78, 5) is 30.9. The lowest BCUT2D eigenvalue weighted by molar-refractivity contribution is -0.137. The third kappa shape index (κ3) is 4.43. The monoisotopic (exact) mass is 376 g/mol. The number of rotatable bonds is 4. The summed E-state index contributed by atoms with van der Waals surface area (Å²) in [7, 11) is 0. The normalized spacial score (nSPS) is 11.4. The van der Waals surface area contributed by atoms with Crippen LogP contribution in [0.1, 0.15) is 11.1 Å². The zero-order valence-electron chi connectivity index (χ0n) is 13.9. The molecule has 0 aliphatic rings. The Balaban J connectivity index is 1.54. The predicted molar refractivity (Wildman–Crippen MR) is 92.9 cm³/mol. The number of benzene rings is 1. The number of nitrogens with one attached hydrogen (secondary N) is 3. The third-order valence-electron chi connectivity index (χ3n) is 3.84. The highest BCUT2D eigenvalue weighted by atomic mass is 19.4. The molecule has 0 radical (unpaired) electrons. The molecule has 0 aliphatic heterocycles. The van der Waals surface area contributed by atoms with E-state index >= 15 is 0 Å². The summed E-state index contributed by atoms with van der Waals surface area (Å²) >= 11 is 0. The number of fused-ring (bicyclic) bond motifs is 1. The van der Waals surface area contributed by atoms with Gasteiger partial charge in [-0.15, -0.1) is 0 Å². The molecule has 0 spiro atoms. The van der Waals surface area contributed by atoms with E-state index in [9.17, 15) is 22.8 Å². The lowest BCUT2D eigenvalue weighted by Crippen LogP contribution is -2.36. The van der Waals surface area contributed by atoms with E-state index in [4.69, 9.17) is 0 Å². The van der Waals surface area contributed by atoms with Crippen LogP contribution >= 0.6 is 0 Å². The highest BCUT2D eigenvalue weighted by Crippen LogP contribution is 2.29. The summed E-state index contributed by atoms with van der Waals surface area (Å²) in [6, 6.07) is 8.32. The third-order valence-corrected chi connectivity index (χ3v) is 3.84. The molecule has 1 aromatic carbocycles. The van der Waals surface area contributed by atoms with Crippen LogP contribution < -0.4 is 10.6 Å². The smallest absolute Gasteiger partial charge is 0.358 e.